The molecule has 2 aromatic rings. The van der Waals surface area contributed by atoms with Gasteiger partial charge in [-0.1, -0.05) is 24.3 Å². The monoisotopic (exact) mass is 365 g/mol. The van der Waals surface area contributed by atoms with Gasteiger partial charge < -0.3 is 10.4 Å². The number of carbonyl (C=O) groups is 1. The molecule has 0 aliphatic heterocycles. The van der Waals surface area contributed by atoms with Gasteiger partial charge in [-0.05, 0) is 43.2 Å². The summed E-state index contributed by atoms with van der Waals surface area (Å²) >= 11 is 1.29. The van der Waals surface area contributed by atoms with Crippen molar-refractivity contribution >= 4 is 17.7 Å². The SMILES string of the molecule is C[C@@H](C[C@@H](O)c1ccc(F)cc1)NC(=O)CCSc1ccccc1F. The zero-order chi connectivity index (χ0) is 18.2. The summed E-state index contributed by atoms with van der Waals surface area (Å²) in [6.45, 7) is 1.80. The van der Waals surface area contributed by atoms with Crippen LogP contribution in [0.2, 0.25) is 0 Å². The van der Waals surface area contributed by atoms with Crippen molar-refractivity contribution in [3.63, 3.8) is 0 Å². The number of aliphatic hydroxyl groups excluding tert-OH is 1. The molecule has 0 saturated heterocycles. The highest BCUT2D eigenvalue weighted by Crippen LogP contribution is 2.22. The molecule has 134 valence electrons. The van der Waals surface area contributed by atoms with Crippen LogP contribution in [-0.2, 0) is 4.79 Å². The van der Waals surface area contributed by atoms with E-state index in [1.165, 1.54) is 42.1 Å². The molecule has 0 bridgehead atoms. The van der Waals surface area contributed by atoms with Crippen LogP contribution >= 0.6 is 11.8 Å². The zero-order valence-corrected chi connectivity index (χ0v) is 14.7. The van der Waals surface area contributed by atoms with Crippen LogP contribution in [0.25, 0.3) is 0 Å². The van der Waals surface area contributed by atoms with Gasteiger partial charge in [0, 0.05) is 23.1 Å². The predicted octanol–water partition coefficient (Wildman–Crippen LogP) is 4.08. The second-order valence-electron chi connectivity index (χ2n) is 5.80. The summed E-state index contributed by atoms with van der Waals surface area (Å²) in [5.74, 6) is -0.323. The minimum absolute atomic E-state index is 0.150. The zero-order valence-electron chi connectivity index (χ0n) is 13.9. The number of halogens is 2. The topological polar surface area (TPSA) is 49.3 Å². The second kappa shape index (κ2) is 9.53. The molecule has 3 nitrogen and oxygen atoms in total. The molecule has 2 N–H and O–H groups in total. The van der Waals surface area contributed by atoms with Gasteiger partial charge in [0.15, 0.2) is 0 Å². The van der Waals surface area contributed by atoms with Crippen LogP contribution < -0.4 is 5.32 Å². The van der Waals surface area contributed by atoms with Crippen molar-refractivity contribution < 1.29 is 18.7 Å². The number of rotatable bonds is 8. The molecule has 0 aliphatic rings. The van der Waals surface area contributed by atoms with Crippen molar-refractivity contribution in [2.75, 3.05) is 5.75 Å². The highest BCUT2D eigenvalue weighted by atomic mass is 32.2. The number of amides is 1. The maximum absolute atomic E-state index is 13.5. The summed E-state index contributed by atoms with van der Waals surface area (Å²) in [4.78, 5) is 12.5. The molecule has 0 unspecified atom stereocenters. The van der Waals surface area contributed by atoms with Crippen LogP contribution in [-0.4, -0.2) is 22.8 Å². The number of nitrogens with one attached hydrogen (secondary N) is 1. The molecule has 0 saturated carbocycles. The van der Waals surface area contributed by atoms with E-state index in [1.54, 1.807) is 25.1 Å². The minimum atomic E-state index is -0.774. The highest BCUT2D eigenvalue weighted by molar-refractivity contribution is 7.99. The third-order valence-electron chi connectivity index (χ3n) is 3.66. The highest BCUT2D eigenvalue weighted by Gasteiger charge is 2.14. The normalized spacial score (nSPS) is 13.3. The van der Waals surface area contributed by atoms with Crippen LogP contribution in [0.5, 0.6) is 0 Å². The van der Waals surface area contributed by atoms with Gasteiger partial charge in [0.1, 0.15) is 11.6 Å². The summed E-state index contributed by atoms with van der Waals surface area (Å²) in [6.07, 6.45) is -0.183. The molecule has 6 heteroatoms. The summed E-state index contributed by atoms with van der Waals surface area (Å²) in [6, 6.07) is 11.9. The maximum atomic E-state index is 13.5. The van der Waals surface area contributed by atoms with E-state index in [0.29, 0.717) is 22.6 Å². The quantitative estimate of drug-likeness (QED) is 0.693. The van der Waals surface area contributed by atoms with Gasteiger partial charge in [0.25, 0.3) is 0 Å². The third-order valence-corrected chi connectivity index (χ3v) is 4.71. The van der Waals surface area contributed by atoms with Crippen LogP contribution in [0.3, 0.4) is 0 Å². The molecule has 2 aromatic carbocycles. The van der Waals surface area contributed by atoms with Gasteiger partial charge >= 0.3 is 0 Å². The summed E-state index contributed by atoms with van der Waals surface area (Å²) in [5, 5.41) is 12.9. The Kier molecular flexibility index (Phi) is 7.40. The van der Waals surface area contributed by atoms with Gasteiger partial charge in [-0.25, -0.2) is 8.78 Å². The number of thioether (sulfide) groups is 1. The lowest BCUT2D eigenvalue weighted by molar-refractivity contribution is -0.121. The average molecular weight is 365 g/mol. The first-order chi connectivity index (χ1) is 12.0. The lowest BCUT2D eigenvalue weighted by Crippen LogP contribution is -2.33. The van der Waals surface area contributed by atoms with Crippen molar-refractivity contribution in [3.05, 3.63) is 65.7 Å². The van der Waals surface area contributed by atoms with E-state index in [2.05, 4.69) is 5.32 Å². The summed E-state index contributed by atoms with van der Waals surface area (Å²) in [7, 11) is 0. The molecule has 1 amide bonds. The fourth-order valence-corrected chi connectivity index (χ4v) is 3.27. The number of hydrogen-bond acceptors (Lipinski definition) is 3. The first kappa shape index (κ1) is 19.4. The van der Waals surface area contributed by atoms with Crippen molar-refractivity contribution in [1.82, 2.24) is 5.32 Å². The van der Waals surface area contributed by atoms with E-state index in [-0.39, 0.29) is 30.0 Å². The molecule has 0 spiro atoms. The van der Waals surface area contributed by atoms with Crippen molar-refractivity contribution in [2.24, 2.45) is 0 Å². The van der Waals surface area contributed by atoms with Crippen LogP contribution in [0.1, 0.15) is 31.4 Å². The molecule has 0 aromatic heterocycles. The molecular formula is C19H21F2NO2S. The molecule has 2 atom stereocenters. The van der Waals surface area contributed by atoms with Crippen molar-refractivity contribution in [3.8, 4) is 0 Å². The molecule has 0 radical (unpaired) electrons. The van der Waals surface area contributed by atoms with Gasteiger partial charge in [-0.2, -0.15) is 0 Å². The summed E-state index contributed by atoms with van der Waals surface area (Å²) in [5.41, 5.74) is 0.609. The Morgan fingerprint density at radius 1 is 1.16 bits per heavy atom. The van der Waals surface area contributed by atoms with E-state index < -0.39 is 6.10 Å². The Labute approximate surface area is 150 Å². The van der Waals surface area contributed by atoms with Crippen LogP contribution in [0.15, 0.2) is 53.4 Å². The number of carbonyl (C=O) groups excluding carboxylic acids is 1. The predicted molar refractivity (Wildman–Crippen MR) is 95.3 cm³/mol. The van der Waals surface area contributed by atoms with Gasteiger partial charge in [0.2, 0.25) is 5.91 Å². The second-order valence-corrected chi connectivity index (χ2v) is 6.94. The van der Waals surface area contributed by atoms with Crippen LogP contribution in [0.4, 0.5) is 8.78 Å². The van der Waals surface area contributed by atoms with Gasteiger partial charge in [-0.15, -0.1) is 11.8 Å². The van der Waals surface area contributed by atoms with E-state index in [0.717, 1.165) is 0 Å². The Balaban J connectivity index is 1.72. The smallest absolute Gasteiger partial charge is 0.221 e. The standard InChI is InChI=1S/C19H21F2NO2S/c1-13(12-17(23)14-6-8-15(20)9-7-14)22-19(24)10-11-25-18-5-3-2-4-16(18)21/h2-9,13,17,23H,10-12H2,1H3,(H,22,24)/t13-,17+/m0/s1. The van der Waals surface area contributed by atoms with E-state index >= 15 is 0 Å². The maximum Gasteiger partial charge on any atom is 0.221 e. The largest absolute Gasteiger partial charge is 0.388 e. The van der Waals surface area contributed by atoms with E-state index in [4.69, 9.17) is 0 Å². The fraction of sp³-hybridized carbons (Fsp3) is 0.316. The van der Waals surface area contributed by atoms with Gasteiger partial charge in [-0.3, -0.25) is 4.79 Å². The first-order valence-electron chi connectivity index (χ1n) is 8.06. The van der Waals surface area contributed by atoms with E-state index in [9.17, 15) is 18.7 Å². The molecule has 0 heterocycles. The Morgan fingerprint density at radius 2 is 1.84 bits per heavy atom. The lowest BCUT2D eigenvalue weighted by Gasteiger charge is -2.18. The Hall–Kier alpha value is -1.92. The Morgan fingerprint density at radius 3 is 2.52 bits per heavy atom. The minimum Gasteiger partial charge on any atom is -0.388 e. The summed E-state index contributed by atoms with van der Waals surface area (Å²) < 4.78 is 26.4. The van der Waals surface area contributed by atoms with Crippen LogP contribution in [0, 0.1) is 11.6 Å². The molecule has 2 rings (SSSR count). The van der Waals surface area contributed by atoms with Gasteiger partial charge in [0.05, 0.1) is 6.10 Å². The first-order valence-corrected chi connectivity index (χ1v) is 9.04. The number of hydrogen-bond donors (Lipinski definition) is 2. The van der Waals surface area contributed by atoms with Crippen molar-refractivity contribution in [2.45, 2.75) is 36.8 Å². The molecular weight excluding hydrogens is 344 g/mol. The Bertz CT molecular complexity index is 694. The average Bonchev–Trinajstić information content (AvgIpc) is 2.57. The molecule has 25 heavy (non-hydrogen) atoms. The molecule has 0 aliphatic carbocycles. The lowest BCUT2D eigenvalue weighted by atomic mass is 10.0. The third kappa shape index (κ3) is 6.48. The van der Waals surface area contributed by atoms with Crippen molar-refractivity contribution in [1.29, 1.82) is 0 Å². The number of aliphatic hydroxyl groups is 1. The molecule has 0 fully saturated rings. The fourth-order valence-electron chi connectivity index (χ4n) is 2.38. The van der Waals surface area contributed by atoms with E-state index in [1.807, 2.05) is 0 Å². The number of benzene rings is 2.